The maximum absolute atomic E-state index is 5.53. The number of nitrogens with zero attached hydrogens (tertiary/aromatic N) is 4. The van der Waals surface area contributed by atoms with Gasteiger partial charge in [0.05, 0.1) is 12.3 Å². The Bertz CT molecular complexity index is 583. The third-order valence-electron chi connectivity index (χ3n) is 3.27. The summed E-state index contributed by atoms with van der Waals surface area (Å²) in [5, 5.41) is 7.38. The molecule has 1 aromatic carbocycles. The number of aliphatic imine (C=N–C) groups is 1. The lowest BCUT2D eigenvalue weighted by atomic mass is 10.3. The molecule has 1 saturated carbocycles. The average molecular weight is 365 g/mol. The van der Waals surface area contributed by atoms with Gasteiger partial charge in [-0.25, -0.2) is 15.1 Å². The van der Waals surface area contributed by atoms with Crippen molar-refractivity contribution in [3.8, 4) is 0 Å². The summed E-state index contributed by atoms with van der Waals surface area (Å²) in [5.74, 6) is 1.83. The molecule has 0 unspecified atom stereocenters. The Labute approximate surface area is 140 Å². The van der Waals surface area contributed by atoms with E-state index in [1.54, 1.807) is 10.1 Å². The van der Waals surface area contributed by atoms with E-state index in [0.29, 0.717) is 18.3 Å². The topological polar surface area (TPSA) is 40.4 Å². The van der Waals surface area contributed by atoms with E-state index < -0.39 is 0 Å². The summed E-state index contributed by atoms with van der Waals surface area (Å²) in [6, 6.07) is 7.76. The molecule has 1 fully saturated rings. The Hall–Kier alpha value is -1.66. The van der Waals surface area contributed by atoms with Crippen LogP contribution in [-0.4, -0.2) is 31.3 Å². The molecule has 0 radical (unpaired) electrons. The number of amidine groups is 1. The lowest BCUT2D eigenvalue weighted by molar-refractivity contribution is -0.0752. The molecule has 6 heteroatoms. The molecule has 0 bridgehead atoms. The molecular weight excluding hydrogens is 344 g/mol. The molecule has 0 aliphatic heterocycles. The monoisotopic (exact) mass is 364 g/mol. The van der Waals surface area contributed by atoms with Gasteiger partial charge in [0.1, 0.15) is 11.7 Å². The third-order valence-corrected chi connectivity index (χ3v) is 3.76. The van der Waals surface area contributed by atoms with E-state index in [0.717, 1.165) is 28.8 Å². The van der Waals surface area contributed by atoms with Gasteiger partial charge in [-0.15, -0.1) is 0 Å². The normalized spacial score (nSPS) is 14.6. The van der Waals surface area contributed by atoms with Crippen molar-refractivity contribution in [1.82, 2.24) is 5.06 Å². The highest BCUT2D eigenvalue weighted by Gasteiger charge is 2.31. The number of hydrogen-bond donors (Lipinski definition) is 0. The maximum Gasteiger partial charge on any atom is 0.148 e. The van der Waals surface area contributed by atoms with Crippen molar-refractivity contribution in [2.75, 3.05) is 18.7 Å². The highest BCUT2D eigenvalue weighted by molar-refractivity contribution is 9.10. The van der Waals surface area contributed by atoms with Crippen molar-refractivity contribution < 1.29 is 4.84 Å². The number of anilines is 1. The van der Waals surface area contributed by atoms with Crippen LogP contribution in [0, 0.1) is 5.92 Å². The Balaban J connectivity index is 2.23. The third kappa shape index (κ3) is 4.18. The van der Waals surface area contributed by atoms with E-state index in [-0.39, 0.29) is 0 Å². The molecule has 1 aliphatic carbocycles. The fourth-order valence-electron chi connectivity index (χ4n) is 2.12. The summed E-state index contributed by atoms with van der Waals surface area (Å²) < 4.78 is 0.962. The second-order valence-electron chi connectivity index (χ2n) is 5.01. The van der Waals surface area contributed by atoms with Gasteiger partial charge in [-0.1, -0.05) is 28.6 Å². The molecule has 1 aliphatic rings. The second-order valence-corrected chi connectivity index (χ2v) is 5.92. The van der Waals surface area contributed by atoms with Crippen LogP contribution in [0.4, 0.5) is 5.69 Å². The summed E-state index contributed by atoms with van der Waals surface area (Å²) in [4.78, 5) is 10.2. The van der Waals surface area contributed by atoms with Crippen molar-refractivity contribution in [3.05, 3.63) is 41.1 Å². The van der Waals surface area contributed by atoms with Gasteiger partial charge >= 0.3 is 0 Å². The molecular formula is C16H21BrN4O. The Morgan fingerprint density at radius 1 is 1.45 bits per heavy atom. The van der Waals surface area contributed by atoms with E-state index in [9.17, 15) is 0 Å². The number of hydroxylamine groups is 2. The Morgan fingerprint density at radius 2 is 2.18 bits per heavy atom. The standard InChI is InChI=1S/C16H21BrN4O/c1-5-22-20(4)16(13-9-10-13)19-12(2)21(18-3)15-8-6-7-14(17)11-15/h6-8,11,13H,2-3,5,9-10H2,1,4H3. The van der Waals surface area contributed by atoms with Crippen LogP contribution in [0.3, 0.4) is 0 Å². The van der Waals surface area contributed by atoms with Crippen molar-refractivity contribution >= 4 is 34.2 Å². The summed E-state index contributed by atoms with van der Waals surface area (Å²) in [6.07, 6.45) is 2.25. The molecule has 1 aromatic rings. The minimum atomic E-state index is 0.433. The zero-order valence-electron chi connectivity index (χ0n) is 13.0. The first kappa shape index (κ1) is 16.7. The van der Waals surface area contributed by atoms with E-state index in [4.69, 9.17) is 4.84 Å². The molecule has 0 saturated heterocycles. The van der Waals surface area contributed by atoms with Crippen LogP contribution >= 0.6 is 15.9 Å². The molecule has 0 heterocycles. The van der Waals surface area contributed by atoms with Crippen LogP contribution in [0.15, 0.2) is 51.2 Å². The van der Waals surface area contributed by atoms with Crippen molar-refractivity contribution in [3.63, 3.8) is 0 Å². The van der Waals surface area contributed by atoms with Gasteiger partial charge in [0, 0.05) is 24.2 Å². The van der Waals surface area contributed by atoms with Crippen molar-refractivity contribution in [2.24, 2.45) is 16.0 Å². The first-order chi connectivity index (χ1) is 10.6. The molecule has 5 nitrogen and oxygen atoms in total. The highest BCUT2D eigenvalue weighted by Crippen LogP contribution is 2.33. The van der Waals surface area contributed by atoms with Crippen LogP contribution in [0.2, 0.25) is 0 Å². The Morgan fingerprint density at radius 3 is 2.73 bits per heavy atom. The average Bonchev–Trinajstić information content (AvgIpc) is 3.30. The molecule has 118 valence electrons. The molecule has 22 heavy (non-hydrogen) atoms. The molecule has 0 atom stereocenters. The minimum Gasteiger partial charge on any atom is -0.273 e. The molecule has 0 N–H and O–H groups in total. The van der Waals surface area contributed by atoms with Crippen LogP contribution in [0.1, 0.15) is 19.8 Å². The molecule has 0 aromatic heterocycles. The number of hydrazone groups is 1. The van der Waals surface area contributed by atoms with Crippen LogP contribution in [-0.2, 0) is 4.84 Å². The van der Waals surface area contributed by atoms with Gasteiger partial charge in [-0.2, -0.15) is 5.10 Å². The van der Waals surface area contributed by atoms with Gasteiger partial charge in [0.15, 0.2) is 0 Å². The lowest BCUT2D eigenvalue weighted by Gasteiger charge is -2.23. The maximum atomic E-state index is 5.53. The smallest absolute Gasteiger partial charge is 0.148 e. The largest absolute Gasteiger partial charge is 0.273 e. The van der Waals surface area contributed by atoms with E-state index in [1.165, 1.54) is 0 Å². The lowest BCUT2D eigenvalue weighted by Crippen LogP contribution is -2.29. The zero-order valence-corrected chi connectivity index (χ0v) is 14.6. The molecule has 2 rings (SSSR count). The number of halogens is 1. The number of rotatable bonds is 7. The quantitative estimate of drug-likeness (QED) is 0.416. The van der Waals surface area contributed by atoms with Crippen LogP contribution in [0.5, 0.6) is 0 Å². The highest BCUT2D eigenvalue weighted by atomic mass is 79.9. The zero-order chi connectivity index (χ0) is 16.1. The summed E-state index contributed by atoms with van der Waals surface area (Å²) in [6.45, 7) is 10.2. The minimum absolute atomic E-state index is 0.433. The Kier molecular flexibility index (Phi) is 5.74. The van der Waals surface area contributed by atoms with Gasteiger partial charge in [-0.05, 0) is 38.0 Å². The van der Waals surface area contributed by atoms with E-state index in [1.807, 2.05) is 38.2 Å². The summed E-state index contributed by atoms with van der Waals surface area (Å²) in [7, 11) is 1.87. The number of hydrogen-bond acceptors (Lipinski definition) is 4. The molecule has 0 spiro atoms. The van der Waals surface area contributed by atoms with Gasteiger partial charge in [-0.3, -0.25) is 4.84 Å². The van der Waals surface area contributed by atoms with E-state index in [2.05, 4.69) is 39.3 Å². The fourth-order valence-corrected chi connectivity index (χ4v) is 2.51. The summed E-state index contributed by atoms with van der Waals surface area (Å²) >= 11 is 3.45. The summed E-state index contributed by atoms with van der Waals surface area (Å²) in [5.41, 5.74) is 0.854. The molecule has 0 amide bonds. The van der Waals surface area contributed by atoms with Gasteiger partial charge < -0.3 is 0 Å². The predicted molar refractivity (Wildman–Crippen MR) is 94.9 cm³/mol. The number of benzene rings is 1. The first-order valence-corrected chi connectivity index (χ1v) is 8.02. The van der Waals surface area contributed by atoms with E-state index >= 15 is 0 Å². The van der Waals surface area contributed by atoms with Gasteiger partial charge in [0.25, 0.3) is 0 Å². The fraction of sp³-hybridized carbons (Fsp3) is 0.375. The SMILES string of the molecule is C=NN(C(=C)N=C(C1CC1)N(C)OCC)c1cccc(Br)c1. The second kappa shape index (κ2) is 7.56. The van der Waals surface area contributed by atoms with Crippen LogP contribution < -0.4 is 5.01 Å². The van der Waals surface area contributed by atoms with Crippen LogP contribution in [0.25, 0.3) is 0 Å². The van der Waals surface area contributed by atoms with Gasteiger partial charge in [0.2, 0.25) is 0 Å². The van der Waals surface area contributed by atoms with Crippen molar-refractivity contribution in [1.29, 1.82) is 0 Å². The predicted octanol–water partition coefficient (Wildman–Crippen LogP) is 4.03. The van der Waals surface area contributed by atoms with Crippen molar-refractivity contribution in [2.45, 2.75) is 19.8 Å². The first-order valence-electron chi connectivity index (χ1n) is 7.23.